The lowest BCUT2D eigenvalue weighted by atomic mass is 10.2. The second kappa shape index (κ2) is 5.50. The fourth-order valence-electron chi connectivity index (χ4n) is 2.16. The first-order valence-corrected chi connectivity index (χ1v) is 8.56. The summed E-state index contributed by atoms with van der Waals surface area (Å²) in [5, 5.41) is 8.78. The highest BCUT2D eigenvalue weighted by Gasteiger charge is 2.13. The summed E-state index contributed by atoms with van der Waals surface area (Å²) >= 11 is 3.47. The van der Waals surface area contributed by atoms with E-state index in [2.05, 4.69) is 42.9 Å². The molecule has 5 heteroatoms. The smallest absolute Gasteiger partial charge is 0.164 e. The summed E-state index contributed by atoms with van der Waals surface area (Å²) in [7, 11) is 0. The maximum Gasteiger partial charge on any atom is 0.164 e. The molecular formula is C15H17N3S2. The van der Waals surface area contributed by atoms with Crippen molar-refractivity contribution in [2.24, 2.45) is 0 Å². The molecule has 0 aliphatic heterocycles. The summed E-state index contributed by atoms with van der Waals surface area (Å²) in [6, 6.07) is 2.21. The van der Waals surface area contributed by atoms with Crippen molar-refractivity contribution in [1.82, 2.24) is 9.97 Å². The van der Waals surface area contributed by atoms with Gasteiger partial charge in [0.25, 0.3) is 0 Å². The van der Waals surface area contributed by atoms with Gasteiger partial charge in [0.1, 0.15) is 10.6 Å². The first kappa shape index (κ1) is 13.5. The number of aromatic nitrogens is 2. The molecule has 0 aromatic carbocycles. The largest absolute Gasteiger partial charge is 0.370 e. The Hall–Kier alpha value is -1.46. The average Bonchev–Trinajstić information content (AvgIpc) is 3.04. The van der Waals surface area contributed by atoms with Crippen molar-refractivity contribution in [3.05, 3.63) is 27.3 Å². The van der Waals surface area contributed by atoms with E-state index in [9.17, 15) is 0 Å². The van der Waals surface area contributed by atoms with E-state index in [0.717, 1.165) is 40.4 Å². The van der Waals surface area contributed by atoms with E-state index in [0.29, 0.717) is 0 Å². The van der Waals surface area contributed by atoms with Crippen LogP contribution in [0, 0.1) is 6.92 Å². The highest BCUT2D eigenvalue weighted by atomic mass is 32.1. The van der Waals surface area contributed by atoms with Crippen LogP contribution in [0.4, 0.5) is 5.82 Å². The summed E-state index contributed by atoms with van der Waals surface area (Å²) in [6.07, 6.45) is 1.04. The second-order valence-electron chi connectivity index (χ2n) is 4.68. The number of hydrogen-bond acceptors (Lipinski definition) is 5. The summed E-state index contributed by atoms with van der Waals surface area (Å²) < 4.78 is 0. The molecule has 0 aliphatic rings. The highest BCUT2D eigenvalue weighted by Crippen LogP contribution is 2.33. The quantitative estimate of drug-likeness (QED) is 0.757. The van der Waals surface area contributed by atoms with Crippen LogP contribution < -0.4 is 5.32 Å². The van der Waals surface area contributed by atoms with Gasteiger partial charge in [-0.3, -0.25) is 0 Å². The minimum absolute atomic E-state index is 0.830. The van der Waals surface area contributed by atoms with Crippen molar-refractivity contribution in [2.45, 2.75) is 27.2 Å². The van der Waals surface area contributed by atoms with Crippen molar-refractivity contribution >= 4 is 38.7 Å². The third-order valence-electron chi connectivity index (χ3n) is 3.23. The third kappa shape index (κ3) is 2.31. The van der Waals surface area contributed by atoms with Crippen molar-refractivity contribution in [2.75, 3.05) is 11.9 Å². The molecule has 0 spiro atoms. The van der Waals surface area contributed by atoms with E-state index in [1.165, 1.54) is 10.4 Å². The van der Waals surface area contributed by atoms with Crippen LogP contribution in [0.3, 0.4) is 0 Å². The lowest BCUT2D eigenvalue weighted by Gasteiger charge is -2.06. The van der Waals surface area contributed by atoms with E-state index in [1.807, 2.05) is 0 Å². The Morgan fingerprint density at radius 2 is 2.05 bits per heavy atom. The van der Waals surface area contributed by atoms with Gasteiger partial charge in [-0.15, -0.1) is 11.3 Å². The summed E-state index contributed by atoms with van der Waals surface area (Å²) in [4.78, 5) is 11.9. The molecule has 0 bridgehead atoms. The molecule has 3 aromatic heterocycles. The summed E-state index contributed by atoms with van der Waals surface area (Å²) in [5.74, 6) is 1.78. The molecule has 1 N–H and O–H groups in total. The zero-order valence-corrected chi connectivity index (χ0v) is 13.5. The monoisotopic (exact) mass is 303 g/mol. The number of rotatable bonds is 4. The Morgan fingerprint density at radius 3 is 2.70 bits per heavy atom. The Bertz CT molecular complexity index is 743. The van der Waals surface area contributed by atoms with Crippen LogP contribution >= 0.6 is 22.7 Å². The Balaban J connectivity index is 2.21. The predicted molar refractivity (Wildman–Crippen MR) is 89.0 cm³/mol. The summed E-state index contributed by atoms with van der Waals surface area (Å²) in [6.45, 7) is 7.25. The van der Waals surface area contributed by atoms with Gasteiger partial charge in [0.15, 0.2) is 5.82 Å². The normalized spacial score (nSPS) is 11.2. The Labute approximate surface area is 126 Å². The van der Waals surface area contributed by atoms with Crippen molar-refractivity contribution in [3.63, 3.8) is 0 Å². The van der Waals surface area contributed by atoms with Crippen LogP contribution in [0.1, 0.15) is 24.3 Å². The van der Waals surface area contributed by atoms with Gasteiger partial charge in [-0.05, 0) is 37.3 Å². The maximum atomic E-state index is 4.76. The fourth-order valence-corrected chi connectivity index (χ4v) is 3.95. The molecule has 104 valence electrons. The van der Waals surface area contributed by atoms with E-state index < -0.39 is 0 Å². The van der Waals surface area contributed by atoms with Crippen LogP contribution in [-0.4, -0.2) is 16.5 Å². The maximum absolute atomic E-state index is 4.76. The molecule has 0 saturated carbocycles. The van der Waals surface area contributed by atoms with Gasteiger partial charge >= 0.3 is 0 Å². The molecular weight excluding hydrogens is 286 g/mol. The minimum Gasteiger partial charge on any atom is -0.370 e. The number of nitrogens with one attached hydrogen (secondary N) is 1. The SMILES string of the molecule is CCNc1nc(-c2cscc2C)nc2sc(CC)cc12. The Morgan fingerprint density at radius 1 is 1.20 bits per heavy atom. The lowest BCUT2D eigenvalue weighted by Crippen LogP contribution is -2.01. The van der Waals surface area contributed by atoms with Crippen molar-refractivity contribution in [3.8, 4) is 11.4 Å². The number of thiophene rings is 2. The molecule has 3 aromatic rings. The van der Waals surface area contributed by atoms with Crippen LogP contribution in [0.2, 0.25) is 0 Å². The van der Waals surface area contributed by atoms with Crippen LogP contribution in [0.5, 0.6) is 0 Å². The van der Waals surface area contributed by atoms with Crippen LogP contribution in [-0.2, 0) is 6.42 Å². The highest BCUT2D eigenvalue weighted by molar-refractivity contribution is 7.18. The molecule has 0 unspecified atom stereocenters. The number of anilines is 1. The fraction of sp³-hybridized carbons (Fsp3) is 0.333. The molecule has 0 saturated heterocycles. The number of nitrogens with zero attached hydrogens (tertiary/aromatic N) is 2. The molecule has 3 nitrogen and oxygen atoms in total. The van der Waals surface area contributed by atoms with Gasteiger partial charge in [0, 0.05) is 22.4 Å². The zero-order chi connectivity index (χ0) is 14.1. The first-order chi connectivity index (χ1) is 9.72. The van der Waals surface area contributed by atoms with Crippen LogP contribution in [0.25, 0.3) is 21.6 Å². The van der Waals surface area contributed by atoms with Gasteiger partial charge < -0.3 is 5.32 Å². The molecule has 0 fully saturated rings. The number of hydrogen-bond donors (Lipinski definition) is 1. The molecule has 0 aliphatic carbocycles. The predicted octanol–water partition coefficient (Wildman–Crippen LogP) is 4.72. The molecule has 0 atom stereocenters. The summed E-state index contributed by atoms with van der Waals surface area (Å²) in [5.41, 5.74) is 2.38. The Kier molecular flexibility index (Phi) is 3.72. The number of aryl methyl sites for hydroxylation is 2. The molecule has 0 amide bonds. The van der Waals surface area contributed by atoms with Gasteiger partial charge in [-0.25, -0.2) is 9.97 Å². The molecule has 3 heterocycles. The third-order valence-corrected chi connectivity index (χ3v) is 5.27. The van der Waals surface area contributed by atoms with Crippen LogP contribution in [0.15, 0.2) is 16.8 Å². The van der Waals surface area contributed by atoms with Gasteiger partial charge in [-0.1, -0.05) is 6.92 Å². The van der Waals surface area contributed by atoms with E-state index >= 15 is 0 Å². The second-order valence-corrected chi connectivity index (χ2v) is 6.54. The molecule has 0 radical (unpaired) electrons. The minimum atomic E-state index is 0.830. The zero-order valence-electron chi connectivity index (χ0n) is 11.9. The van der Waals surface area contributed by atoms with Crippen molar-refractivity contribution in [1.29, 1.82) is 0 Å². The van der Waals surface area contributed by atoms with Gasteiger partial charge in [0.05, 0.1) is 5.39 Å². The van der Waals surface area contributed by atoms with Crippen molar-refractivity contribution < 1.29 is 0 Å². The van der Waals surface area contributed by atoms with Gasteiger partial charge in [-0.2, -0.15) is 11.3 Å². The van der Waals surface area contributed by atoms with E-state index in [-0.39, 0.29) is 0 Å². The van der Waals surface area contributed by atoms with Gasteiger partial charge in [0.2, 0.25) is 0 Å². The topological polar surface area (TPSA) is 37.8 Å². The first-order valence-electron chi connectivity index (χ1n) is 6.80. The van der Waals surface area contributed by atoms with E-state index in [4.69, 9.17) is 9.97 Å². The average molecular weight is 303 g/mol. The molecule has 20 heavy (non-hydrogen) atoms. The number of fused-ring (bicyclic) bond motifs is 1. The van der Waals surface area contributed by atoms with E-state index in [1.54, 1.807) is 22.7 Å². The molecule has 3 rings (SSSR count). The lowest BCUT2D eigenvalue weighted by molar-refractivity contribution is 1.15. The standard InChI is InChI=1S/C15H17N3S2/c1-4-10-6-11-13(16-5-2)17-14(18-15(11)20-10)12-8-19-7-9(12)3/h6-8H,4-5H2,1-3H3,(H,16,17,18).